The lowest BCUT2D eigenvalue weighted by Gasteiger charge is -2.27. The number of para-hydroxylation sites is 2. The molecule has 0 spiro atoms. The molecule has 4 rings (SSSR count). The Balaban J connectivity index is 1.55. The lowest BCUT2D eigenvalue weighted by molar-refractivity contribution is -0.132. The molecule has 25 heavy (non-hydrogen) atoms. The van der Waals surface area contributed by atoms with E-state index in [-0.39, 0.29) is 24.8 Å². The van der Waals surface area contributed by atoms with Crippen LogP contribution < -0.4 is 9.64 Å². The molecule has 2 heterocycles. The minimum Gasteiger partial charge on any atom is -0.491 e. The Hall–Kier alpha value is -2.34. The molecule has 0 saturated heterocycles. The summed E-state index contributed by atoms with van der Waals surface area (Å²) in [6.07, 6.45) is 2.38. The van der Waals surface area contributed by atoms with Crippen LogP contribution in [0.4, 0.5) is 5.69 Å². The van der Waals surface area contributed by atoms with Crippen LogP contribution in [-0.2, 0) is 16.1 Å². The molecule has 0 bridgehead atoms. The lowest BCUT2D eigenvalue weighted by atomic mass is 10.2. The van der Waals surface area contributed by atoms with Gasteiger partial charge in [-0.15, -0.1) is 11.3 Å². The second-order valence-electron chi connectivity index (χ2n) is 6.38. The van der Waals surface area contributed by atoms with Gasteiger partial charge in [0.2, 0.25) is 11.8 Å². The molecule has 0 radical (unpaired) electrons. The van der Waals surface area contributed by atoms with Crippen LogP contribution in [0.3, 0.4) is 0 Å². The van der Waals surface area contributed by atoms with Crippen molar-refractivity contribution in [2.75, 3.05) is 18.1 Å². The maximum Gasteiger partial charge on any atom is 0.243 e. The molecule has 0 atom stereocenters. The molecular weight excluding hydrogens is 336 g/mol. The fraction of sp³-hybridized carbons (Fsp3) is 0.368. The highest BCUT2D eigenvalue weighted by Crippen LogP contribution is 2.33. The summed E-state index contributed by atoms with van der Waals surface area (Å²) in [6, 6.07) is 11.8. The number of amides is 2. The molecule has 2 aromatic rings. The van der Waals surface area contributed by atoms with E-state index in [0.717, 1.165) is 12.8 Å². The molecule has 1 aromatic heterocycles. The van der Waals surface area contributed by atoms with Gasteiger partial charge < -0.3 is 9.64 Å². The molecule has 1 saturated carbocycles. The predicted molar refractivity (Wildman–Crippen MR) is 96.8 cm³/mol. The van der Waals surface area contributed by atoms with E-state index < -0.39 is 0 Å². The summed E-state index contributed by atoms with van der Waals surface area (Å²) in [5.41, 5.74) is 0.685. The normalized spacial score (nSPS) is 16.8. The molecule has 130 valence electrons. The van der Waals surface area contributed by atoms with Gasteiger partial charge in [0.1, 0.15) is 12.3 Å². The topological polar surface area (TPSA) is 49.9 Å². The third-order valence-corrected chi connectivity index (χ3v) is 5.40. The van der Waals surface area contributed by atoms with Gasteiger partial charge >= 0.3 is 0 Å². The zero-order valence-corrected chi connectivity index (χ0v) is 14.7. The number of hydrogen-bond acceptors (Lipinski definition) is 4. The summed E-state index contributed by atoms with van der Waals surface area (Å²) in [7, 11) is 0. The number of rotatable bonds is 5. The number of anilines is 1. The van der Waals surface area contributed by atoms with Gasteiger partial charge in [-0.25, -0.2) is 0 Å². The van der Waals surface area contributed by atoms with Crippen molar-refractivity contribution < 1.29 is 14.3 Å². The fourth-order valence-electron chi connectivity index (χ4n) is 3.10. The van der Waals surface area contributed by atoms with Crippen LogP contribution in [0.5, 0.6) is 5.75 Å². The Morgan fingerprint density at radius 3 is 2.84 bits per heavy atom. The minimum atomic E-state index is -0.0647. The first kappa shape index (κ1) is 16.1. The second-order valence-corrected chi connectivity index (χ2v) is 7.41. The Morgan fingerprint density at radius 1 is 1.24 bits per heavy atom. The van der Waals surface area contributed by atoms with Crippen molar-refractivity contribution in [1.82, 2.24) is 4.90 Å². The van der Waals surface area contributed by atoms with E-state index in [1.54, 1.807) is 16.2 Å². The summed E-state index contributed by atoms with van der Waals surface area (Å²) in [4.78, 5) is 30.2. The van der Waals surface area contributed by atoms with Crippen molar-refractivity contribution >= 4 is 28.8 Å². The summed E-state index contributed by atoms with van der Waals surface area (Å²) < 4.78 is 5.65. The van der Waals surface area contributed by atoms with Crippen molar-refractivity contribution in [3.63, 3.8) is 0 Å². The maximum absolute atomic E-state index is 13.0. The number of nitrogens with zero attached hydrogens (tertiary/aromatic N) is 2. The van der Waals surface area contributed by atoms with E-state index in [0.29, 0.717) is 30.6 Å². The molecule has 0 unspecified atom stereocenters. The van der Waals surface area contributed by atoms with Gasteiger partial charge in [0.25, 0.3) is 0 Å². The van der Waals surface area contributed by atoms with Crippen LogP contribution in [0.1, 0.15) is 24.1 Å². The standard InChI is InChI=1S/C19H20N2O3S/c22-18-9-10-24-17-6-2-1-5-16(17)21(18)13-19(23)20(14-7-8-14)12-15-4-3-11-25-15/h1-6,11,14H,7-10,12-13H2. The van der Waals surface area contributed by atoms with E-state index in [1.165, 1.54) is 4.88 Å². The molecular formula is C19H20N2O3S. The summed E-state index contributed by atoms with van der Waals surface area (Å²) in [5.74, 6) is 0.600. The third-order valence-electron chi connectivity index (χ3n) is 4.54. The van der Waals surface area contributed by atoms with E-state index in [2.05, 4.69) is 0 Å². The molecule has 2 amide bonds. The third kappa shape index (κ3) is 3.54. The molecule has 0 N–H and O–H groups in total. The van der Waals surface area contributed by atoms with Crippen molar-refractivity contribution in [3.8, 4) is 5.75 Å². The Bertz CT molecular complexity index is 771. The second kappa shape index (κ2) is 6.88. The zero-order chi connectivity index (χ0) is 17.2. The summed E-state index contributed by atoms with van der Waals surface area (Å²) in [6.45, 7) is 1.05. The Kier molecular flexibility index (Phi) is 4.44. The van der Waals surface area contributed by atoms with Crippen molar-refractivity contribution in [2.24, 2.45) is 0 Å². The lowest BCUT2D eigenvalue weighted by Crippen LogP contribution is -2.43. The van der Waals surface area contributed by atoms with Gasteiger partial charge in [-0.2, -0.15) is 0 Å². The van der Waals surface area contributed by atoms with Gasteiger partial charge in [-0.3, -0.25) is 14.5 Å². The molecule has 1 aliphatic carbocycles. The van der Waals surface area contributed by atoms with Gasteiger partial charge in [0.05, 0.1) is 25.3 Å². The summed E-state index contributed by atoms with van der Waals surface area (Å²) in [5, 5.41) is 2.02. The fourth-order valence-corrected chi connectivity index (χ4v) is 3.80. The van der Waals surface area contributed by atoms with Gasteiger partial charge in [0.15, 0.2) is 0 Å². The number of fused-ring (bicyclic) bond motifs is 1. The first-order chi connectivity index (χ1) is 12.2. The van der Waals surface area contributed by atoms with Crippen LogP contribution in [0, 0.1) is 0 Å². The monoisotopic (exact) mass is 356 g/mol. The molecule has 1 aromatic carbocycles. The van der Waals surface area contributed by atoms with E-state index in [4.69, 9.17) is 4.74 Å². The number of carbonyl (C=O) groups excluding carboxylic acids is 2. The zero-order valence-electron chi connectivity index (χ0n) is 13.9. The number of thiophene rings is 1. The number of ether oxygens (including phenoxy) is 1. The average Bonchev–Trinajstić information content (AvgIpc) is 3.35. The first-order valence-corrected chi connectivity index (χ1v) is 9.44. The predicted octanol–water partition coefficient (Wildman–Crippen LogP) is 3.05. The van der Waals surface area contributed by atoms with Gasteiger partial charge in [-0.1, -0.05) is 18.2 Å². The average molecular weight is 356 g/mol. The SMILES string of the molecule is O=C1CCOc2ccccc2N1CC(=O)N(Cc1cccs1)C1CC1. The molecule has 6 heteroatoms. The molecule has 5 nitrogen and oxygen atoms in total. The van der Waals surface area contributed by atoms with E-state index in [1.807, 2.05) is 46.7 Å². The van der Waals surface area contributed by atoms with Crippen molar-refractivity contribution in [3.05, 3.63) is 46.7 Å². The number of hydrogen-bond donors (Lipinski definition) is 0. The van der Waals surface area contributed by atoms with Crippen LogP contribution in [0.15, 0.2) is 41.8 Å². The van der Waals surface area contributed by atoms with Crippen LogP contribution in [0.2, 0.25) is 0 Å². The minimum absolute atomic E-state index is 0.000882. The maximum atomic E-state index is 13.0. The highest BCUT2D eigenvalue weighted by Gasteiger charge is 2.35. The number of carbonyl (C=O) groups is 2. The van der Waals surface area contributed by atoms with E-state index in [9.17, 15) is 9.59 Å². The Labute approximate surface area is 150 Å². The van der Waals surface area contributed by atoms with Crippen molar-refractivity contribution in [2.45, 2.75) is 31.8 Å². The molecule has 1 fully saturated rings. The number of benzene rings is 1. The highest BCUT2D eigenvalue weighted by molar-refractivity contribution is 7.09. The van der Waals surface area contributed by atoms with Crippen LogP contribution >= 0.6 is 11.3 Å². The molecule has 1 aliphatic heterocycles. The van der Waals surface area contributed by atoms with Gasteiger partial charge in [0, 0.05) is 10.9 Å². The van der Waals surface area contributed by atoms with Crippen LogP contribution in [-0.4, -0.2) is 35.9 Å². The van der Waals surface area contributed by atoms with Crippen molar-refractivity contribution in [1.29, 1.82) is 0 Å². The quantitative estimate of drug-likeness (QED) is 0.827. The highest BCUT2D eigenvalue weighted by atomic mass is 32.1. The first-order valence-electron chi connectivity index (χ1n) is 8.56. The van der Waals surface area contributed by atoms with Crippen LogP contribution in [0.25, 0.3) is 0 Å². The largest absolute Gasteiger partial charge is 0.491 e. The van der Waals surface area contributed by atoms with Gasteiger partial charge in [-0.05, 0) is 36.4 Å². The smallest absolute Gasteiger partial charge is 0.243 e. The van der Waals surface area contributed by atoms with E-state index >= 15 is 0 Å². The Morgan fingerprint density at radius 2 is 2.08 bits per heavy atom. The molecule has 2 aliphatic rings. The summed E-state index contributed by atoms with van der Waals surface area (Å²) >= 11 is 1.66.